The van der Waals surface area contributed by atoms with Gasteiger partial charge in [-0.05, 0) is 60.8 Å². The Morgan fingerprint density at radius 3 is 1.59 bits per heavy atom. The molecule has 0 amide bonds. The molecule has 0 saturated carbocycles. The fraction of sp³-hybridized carbons (Fsp3) is 0.0250. The standard InChI is InChI=1S/C40H29N9/c1-41-24-32(31-22-36(34-16-8-10-20-43-34)46-37(23-31)35-17-9-11-21-44-35)25-42-27-33-19-18-30(26-45-33)40-48-38(28-12-4-2-5-13-28)47-39(49-40)29-14-6-3-7-15-29/h2-26H,1,27H2/b32-24+,42-25-. The van der Waals surface area contributed by atoms with Gasteiger partial charge < -0.3 is 0 Å². The van der Waals surface area contributed by atoms with E-state index in [1.807, 2.05) is 121 Å². The highest BCUT2D eigenvalue weighted by Crippen LogP contribution is 2.27. The van der Waals surface area contributed by atoms with Gasteiger partial charge in [-0.1, -0.05) is 72.8 Å². The van der Waals surface area contributed by atoms with Crippen molar-refractivity contribution in [2.24, 2.45) is 9.98 Å². The summed E-state index contributed by atoms with van der Waals surface area (Å²) >= 11 is 0. The Kier molecular flexibility index (Phi) is 9.23. The van der Waals surface area contributed by atoms with Crippen molar-refractivity contribution in [3.05, 3.63) is 157 Å². The molecule has 0 atom stereocenters. The lowest BCUT2D eigenvalue weighted by atomic mass is 10.0. The number of hydrogen-bond donors (Lipinski definition) is 0. The molecule has 9 nitrogen and oxygen atoms in total. The summed E-state index contributed by atoms with van der Waals surface area (Å²) < 4.78 is 0. The van der Waals surface area contributed by atoms with E-state index in [9.17, 15) is 0 Å². The minimum absolute atomic E-state index is 0.349. The smallest absolute Gasteiger partial charge is 0.165 e. The van der Waals surface area contributed by atoms with Crippen LogP contribution in [0.2, 0.25) is 0 Å². The molecule has 9 heteroatoms. The Morgan fingerprint density at radius 1 is 0.551 bits per heavy atom. The van der Waals surface area contributed by atoms with E-state index in [-0.39, 0.29) is 0 Å². The number of hydrogen-bond acceptors (Lipinski definition) is 9. The van der Waals surface area contributed by atoms with Gasteiger partial charge in [-0.25, -0.2) is 19.9 Å². The predicted octanol–water partition coefficient (Wildman–Crippen LogP) is 8.10. The normalized spacial score (nSPS) is 11.5. The van der Waals surface area contributed by atoms with Crippen molar-refractivity contribution in [1.82, 2.24) is 34.9 Å². The first-order valence-electron chi connectivity index (χ1n) is 15.6. The van der Waals surface area contributed by atoms with Gasteiger partial charge in [0.15, 0.2) is 17.5 Å². The van der Waals surface area contributed by atoms with Crippen LogP contribution in [-0.2, 0) is 6.54 Å². The lowest BCUT2D eigenvalue weighted by molar-refractivity contribution is 0.992. The van der Waals surface area contributed by atoms with Gasteiger partial charge in [-0.3, -0.25) is 24.9 Å². The Labute approximate surface area is 283 Å². The lowest BCUT2D eigenvalue weighted by Crippen LogP contribution is -2.00. The number of aromatic nitrogens is 7. The molecule has 0 aliphatic rings. The second kappa shape index (κ2) is 14.7. The largest absolute Gasteiger partial charge is 0.286 e. The molecular formula is C40H29N9. The van der Waals surface area contributed by atoms with Gasteiger partial charge in [0, 0.05) is 53.3 Å². The van der Waals surface area contributed by atoms with Crippen LogP contribution in [0.4, 0.5) is 0 Å². The molecule has 0 bridgehead atoms. The lowest BCUT2D eigenvalue weighted by Gasteiger charge is -2.09. The molecule has 0 N–H and O–H groups in total. The Morgan fingerprint density at radius 2 is 1.10 bits per heavy atom. The molecular weight excluding hydrogens is 607 g/mol. The van der Waals surface area contributed by atoms with E-state index in [1.165, 1.54) is 0 Å². The number of rotatable bonds is 10. The summed E-state index contributed by atoms with van der Waals surface area (Å²) in [5.74, 6) is 1.74. The summed E-state index contributed by atoms with van der Waals surface area (Å²) in [6.45, 7) is 4.03. The van der Waals surface area contributed by atoms with Crippen molar-refractivity contribution >= 4 is 18.5 Å². The second-order valence-corrected chi connectivity index (χ2v) is 10.9. The van der Waals surface area contributed by atoms with Crippen LogP contribution in [0, 0.1) is 0 Å². The molecule has 0 aliphatic heterocycles. The highest BCUT2D eigenvalue weighted by Gasteiger charge is 2.13. The molecule has 0 spiro atoms. The van der Waals surface area contributed by atoms with Crippen molar-refractivity contribution in [3.8, 4) is 56.9 Å². The summed E-state index contributed by atoms with van der Waals surface area (Å²) in [6.07, 6.45) is 8.71. The maximum atomic E-state index is 4.86. The zero-order valence-corrected chi connectivity index (χ0v) is 26.4. The SMILES string of the molecule is C=N/C=C(\C=N/Cc1ccc(-c2nc(-c3ccccc3)nc(-c3ccccc3)n2)cn1)c1cc(-c2ccccn2)nc(-c2ccccn2)c1. The summed E-state index contributed by atoms with van der Waals surface area (Å²) in [4.78, 5) is 41.7. The van der Waals surface area contributed by atoms with Gasteiger partial charge in [0.25, 0.3) is 0 Å². The van der Waals surface area contributed by atoms with E-state index >= 15 is 0 Å². The van der Waals surface area contributed by atoms with Crippen molar-refractivity contribution in [2.45, 2.75) is 6.54 Å². The number of aliphatic imine (C=N–C) groups is 2. The van der Waals surface area contributed by atoms with Crippen LogP contribution in [-0.4, -0.2) is 47.8 Å². The van der Waals surface area contributed by atoms with Gasteiger partial charge in [-0.15, -0.1) is 0 Å². The maximum Gasteiger partial charge on any atom is 0.165 e. The Balaban J connectivity index is 1.16. The van der Waals surface area contributed by atoms with Crippen LogP contribution in [0.1, 0.15) is 11.3 Å². The number of pyridine rings is 4. The predicted molar refractivity (Wildman–Crippen MR) is 194 cm³/mol. The van der Waals surface area contributed by atoms with Gasteiger partial charge in [0.05, 0.1) is 35.0 Å². The van der Waals surface area contributed by atoms with Crippen molar-refractivity contribution in [1.29, 1.82) is 0 Å². The molecule has 49 heavy (non-hydrogen) atoms. The molecule has 7 rings (SSSR count). The molecule has 7 aromatic rings. The Bertz CT molecular complexity index is 2120. The number of nitrogens with zero attached hydrogens (tertiary/aromatic N) is 9. The van der Waals surface area contributed by atoms with E-state index in [0.717, 1.165) is 44.9 Å². The quantitative estimate of drug-likeness (QED) is 0.140. The van der Waals surface area contributed by atoms with Crippen LogP contribution >= 0.6 is 0 Å². The van der Waals surface area contributed by atoms with Gasteiger partial charge >= 0.3 is 0 Å². The van der Waals surface area contributed by atoms with Crippen LogP contribution < -0.4 is 0 Å². The molecule has 0 radical (unpaired) electrons. The topological polar surface area (TPSA) is 115 Å². The van der Waals surface area contributed by atoms with Gasteiger partial charge in [0.1, 0.15) is 0 Å². The molecule has 0 unspecified atom stereocenters. The third-order valence-electron chi connectivity index (χ3n) is 7.51. The monoisotopic (exact) mass is 635 g/mol. The zero-order valence-electron chi connectivity index (χ0n) is 26.4. The van der Waals surface area contributed by atoms with Crippen LogP contribution in [0.25, 0.3) is 62.5 Å². The first-order valence-corrected chi connectivity index (χ1v) is 15.6. The minimum atomic E-state index is 0.349. The third kappa shape index (κ3) is 7.42. The Hall–Kier alpha value is -6.87. The maximum absolute atomic E-state index is 4.86. The van der Waals surface area contributed by atoms with Crippen molar-refractivity contribution in [2.75, 3.05) is 0 Å². The molecule has 5 heterocycles. The molecule has 0 fully saturated rings. The first kappa shape index (κ1) is 30.8. The zero-order chi connectivity index (χ0) is 33.3. The summed E-state index contributed by atoms with van der Waals surface area (Å²) in [5.41, 5.74) is 7.92. The molecule has 5 aromatic heterocycles. The molecule has 234 valence electrons. The van der Waals surface area contributed by atoms with E-state index in [2.05, 4.69) is 26.7 Å². The van der Waals surface area contributed by atoms with E-state index < -0.39 is 0 Å². The van der Waals surface area contributed by atoms with Crippen molar-refractivity contribution < 1.29 is 0 Å². The van der Waals surface area contributed by atoms with Crippen molar-refractivity contribution in [3.63, 3.8) is 0 Å². The molecule has 0 aliphatic carbocycles. The average molecular weight is 636 g/mol. The highest BCUT2D eigenvalue weighted by atomic mass is 15.0. The van der Waals surface area contributed by atoms with Gasteiger partial charge in [-0.2, -0.15) is 0 Å². The summed E-state index contributed by atoms with van der Waals surface area (Å²) in [7, 11) is 0. The van der Waals surface area contributed by atoms with Crippen LogP contribution in [0.15, 0.2) is 156 Å². The van der Waals surface area contributed by atoms with E-state index in [1.54, 1.807) is 31.0 Å². The van der Waals surface area contributed by atoms with E-state index in [0.29, 0.717) is 35.4 Å². The average Bonchev–Trinajstić information content (AvgIpc) is 3.19. The molecule has 2 aromatic carbocycles. The van der Waals surface area contributed by atoms with Crippen LogP contribution in [0.3, 0.4) is 0 Å². The van der Waals surface area contributed by atoms with Gasteiger partial charge in [0.2, 0.25) is 0 Å². The molecule has 0 saturated heterocycles. The summed E-state index contributed by atoms with van der Waals surface area (Å²) in [6, 6.07) is 39.1. The number of allylic oxidation sites excluding steroid dienone is 1. The van der Waals surface area contributed by atoms with Crippen LogP contribution in [0.5, 0.6) is 0 Å². The second-order valence-electron chi connectivity index (χ2n) is 10.9. The minimum Gasteiger partial charge on any atom is -0.286 e. The third-order valence-corrected chi connectivity index (χ3v) is 7.51. The summed E-state index contributed by atoms with van der Waals surface area (Å²) in [5, 5.41) is 0. The fourth-order valence-electron chi connectivity index (χ4n) is 5.09. The highest BCUT2D eigenvalue weighted by molar-refractivity contribution is 6.10. The number of benzene rings is 2. The van der Waals surface area contributed by atoms with E-state index in [4.69, 9.17) is 24.9 Å². The first-order chi connectivity index (χ1) is 24.2. The fourth-order valence-corrected chi connectivity index (χ4v) is 5.09.